The lowest BCUT2D eigenvalue weighted by atomic mass is 10.0. The zero-order valence-electron chi connectivity index (χ0n) is 15.4. The quantitative estimate of drug-likeness (QED) is 0.745. The highest BCUT2D eigenvalue weighted by molar-refractivity contribution is 7.10. The van der Waals surface area contributed by atoms with Crippen LogP contribution < -0.4 is 14.2 Å². The van der Waals surface area contributed by atoms with Crippen molar-refractivity contribution < 1.29 is 19.0 Å². The number of fused-ring (bicyclic) bond motifs is 1. The summed E-state index contributed by atoms with van der Waals surface area (Å²) in [6, 6.07) is 5.86. The third kappa shape index (κ3) is 3.42. The Balaban J connectivity index is 1.81. The second-order valence-corrected chi connectivity index (χ2v) is 7.05. The molecule has 0 N–H and O–H groups in total. The van der Waals surface area contributed by atoms with Gasteiger partial charge >= 0.3 is 0 Å². The molecule has 0 bridgehead atoms. The first kappa shape index (κ1) is 18.3. The SMILES string of the molecule is COc1cc(/C=C\C(=O)N2CCc3sccc3[C@@H]2C)cc(OC)c1OC. The van der Waals surface area contributed by atoms with Gasteiger partial charge < -0.3 is 19.1 Å². The number of benzene rings is 1. The van der Waals surface area contributed by atoms with E-state index in [1.165, 1.54) is 10.4 Å². The van der Waals surface area contributed by atoms with Gasteiger partial charge in [-0.2, -0.15) is 0 Å². The van der Waals surface area contributed by atoms with Crippen molar-refractivity contribution in [3.05, 3.63) is 45.7 Å². The molecular weight excluding hydrogens is 350 g/mol. The lowest BCUT2D eigenvalue weighted by molar-refractivity contribution is -0.128. The molecule has 0 aliphatic carbocycles. The smallest absolute Gasteiger partial charge is 0.247 e. The third-order valence-corrected chi connectivity index (χ3v) is 5.66. The molecule has 2 heterocycles. The number of thiophene rings is 1. The van der Waals surface area contributed by atoms with Crippen LogP contribution in [0.15, 0.2) is 29.7 Å². The first-order valence-corrected chi connectivity index (χ1v) is 9.32. The van der Waals surface area contributed by atoms with Gasteiger partial charge in [-0.25, -0.2) is 0 Å². The summed E-state index contributed by atoms with van der Waals surface area (Å²) in [7, 11) is 4.71. The average Bonchev–Trinajstić information content (AvgIpc) is 3.15. The van der Waals surface area contributed by atoms with Gasteiger partial charge in [0.05, 0.1) is 27.4 Å². The molecule has 0 spiro atoms. The van der Waals surface area contributed by atoms with Crippen LogP contribution in [0, 0.1) is 0 Å². The minimum absolute atomic E-state index is 0.00287. The van der Waals surface area contributed by atoms with Crippen molar-refractivity contribution in [2.45, 2.75) is 19.4 Å². The average molecular weight is 373 g/mol. The maximum absolute atomic E-state index is 12.7. The van der Waals surface area contributed by atoms with E-state index >= 15 is 0 Å². The number of hydrogen-bond donors (Lipinski definition) is 0. The Morgan fingerprint density at radius 3 is 2.50 bits per heavy atom. The molecule has 0 radical (unpaired) electrons. The lowest BCUT2D eigenvalue weighted by Gasteiger charge is -2.32. The van der Waals surface area contributed by atoms with E-state index < -0.39 is 0 Å². The molecule has 6 heteroatoms. The topological polar surface area (TPSA) is 48.0 Å². The highest BCUT2D eigenvalue weighted by Crippen LogP contribution is 2.38. The predicted molar refractivity (Wildman–Crippen MR) is 103 cm³/mol. The number of nitrogens with zero attached hydrogens (tertiary/aromatic N) is 1. The molecule has 1 aromatic carbocycles. The van der Waals surface area contributed by atoms with Crippen LogP contribution in [0.4, 0.5) is 0 Å². The van der Waals surface area contributed by atoms with Crippen LogP contribution in [0.3, 0.4) is 0 Å². The highest BCUT2D eigenvalue weighted by atomic mass is 32.1. The number of carbonyl (C=O) groups is 1. The summed E-state index contributed by atoms with van der Waals surface area (Å²) in [5.74, 6) is 1.66. The minimum atomic E-state index is 0.00287. The van der Waals surface area contributed by atoms with Gasteiger partial charge in [0.25, 0.3) is 0 Å². The molecule has 1 aromatic heterocycles. The summed E-state index contributed by atoms with van der Waals surface area (Å²) in [5.41, 5.74) is 2.07. The van der Waals surface area contributed by atoms with Crippen LogP contribution in [0.2, 0.25) is 0 Å². The van der Waals surface area contributed by atoms with Gasteiger partial charge in [-0.1, -0.05) is 0 Å². The number of rotatable bonds is 5. The second-order valence-electron chi connectivity index (χ2n) is 6.05. The van der Waals surface area contributed by atoms with E-state index in [-0.39, 0.29) is 11.9 Å². The van der Waals surface area contributed by atoms with E-state index in [0.29, 0.717) is 17.2 Å². The standard InChI is InChI=1S/C20H23NO4S/c1-13-15-8-10-26-18(15)7-9-21(13)19(22)6-5-14-11-16(23-2)20(25-4)17(12-14)24-3/h5-6,8,10-13H,7,9H2,1-4H3/b6-5-/t13-/m0/s1. The highest BCUT2D eigenvalue weighted by Gasteiger charge is 2.27. The fraction of sp³-hybridized carbons (Fsp3) is 0.350. The summed E-state index contributed by atoms with van der Waals surface area (Å²) in [5, 5.41) is 2.10. The van der Waals surface area contributed by atoms with E-state index in [0.717, 1.165) is 18.5 Å². The molecule has 138 valence electrons. The van der Waals surface area contributed by atoms with Crippen molar-refractivity contribution in [3.8, 4) is 17.2 Å². The van der Waals surface area contributed by atoms with Gasteiger partial charge in [-0.15, -0.1) is 11.3 Å². The van der Waals surface area contributed by atoms with E-state index in [1.54, 1.807) is 44.8 Å². The van der Waals surface area contributed by atoms with Crippen LogP contribution in [0.25, 0.3) is 6.08 Å². The Morgan fingerprint density at radius 2 is 1.88 bits per heavy atom. The zero-order valence-corrected chi connectivity index (χ0v) is 16.3. The molecule has 0 unspecified atom stereocenters. The molecule has 5 nitrogen and oxygen atoms in total. The number of ether oxygens (including phenoxy) is 3. The van der Waals surface area contributed by atoms with Crippen molar-refractivity contribution in [1.82, 2.24) is 4.90 Å². The Labute approximate surface area is 157 Å². The van der Waals surface area contributed by atoms with Crippen LogP contribution in [0.1, 0.15) is 29.0 Å². The summed E-state index contributed by atoms with van der Waals surface area (Å²) < 4.78 is 16.0. The predicted octanol–water partition coefficient (Wildman–Crippen LogP) is 3.93. The number of hydrogen-bond acceptors (Lipinski definition) is 5. The Kier molecular flexibility index (Phi) is 5.52. The number of amides is 1. The van der Waals surface area contributed by atoms with Gasteiger partial charge in [0, 0.05) is 17.5 Å². The monoisotopic (exact) mass is 373 g/mol. The number of carbonyl (C=O) groups excluding carboxylic acids is 1. The molecule has 1 atom stereocenters. The normalized spacial score (nSPS) is 16.5. The van der Waals surface area contributed by atoms with Gasteiger partial charge in [-0.05, 0) is 54.1 Å². The van der Waals surface area contributed by atoms with E-state index in [2.05, 4.69) is 18.4 Å². The maximum atomic E-state index is 12.7. The zero-order chi connectivity index (χ0) is 18.7. The molecule has 0 saturated heterocycles. The van der Waals surface area contributed by atoms with Crippen LogP contribution >= 0.6 is 11.3 Å². The van der Waals surface area contributed by atoms with Crippen molar-refractivity contribution >= 4 is 23.3 Å². The van der Waals surface area contributed by atoms with Crippen molar-refractivity contribution in [3.63, 3.8) is 0 Å². The van der Waals surface area contributed by atoms with Gasteiger partial charge in [-0.3, -0.25) is 4.79 Å². The number of methoxy groups -OCH3 is 3. The van der Waals surface area contributed by atoms with Crippen molar-refractivity contribution in [1.29, 1.82) is 0 Å². The summed E-state index contributed by atoms with van der Waals surface area (Å²) in [4.78, 5) is 16.0. The first-order chi connectivity index (χ1) is 12.6. The first-order valence-electron chi connectivity index (χ1n) is 8.44. The molecule has 1 amide bonds. The molecule has 2 aromatic rings. The van der Waals surface area contributed by atoms with Crippen LogP contribution in [-0.2, 0) is 11.2 Å². The van der Waals surface area contributed by atoms with Gasteiger partial charge in [0.2, 0.25) is 11.7 Å². The molecule has 0 fully saturated rings. The van der Waals surface area contributed by atoms with Crippen molar-refractivity contribution in [2.24, 2.45) is 0 Å². The summed E-state index contributed by atoms with van der Waals surface area (Å²) in [6.07, 6.45) is 4.30. The van der Waals surface area contributed by atoms with Crippen LogP contribution in [-0.4, -0.2) is 38.7 Å². The Bertz CT molecular complexity index is 802. The fourth-order valence-corrected chi connectivity index (χ4v) is 4.23. The largest absolute Gasteiger partial charge is 0.493 e. The maximum Gasteiger partial charge on any atom is 0.247 e. The van der Waals surface area contributed by atoms with E-state index in [9.17, 15) is 4.79 Å². The molecule has 3 rings (SSSR count). The Morgan fingerprint density at radius 1 is 1.19 bits per heavy atom. The van der Waals surface area contributed by atoms with Crippen molar-refractivity contribution in [2.75, 3.05) is 27.9 Å². The van der Waals surface area contributed by atoms with Crippen LogP contribution in [0.5, 0.6) is 17.2 Å². The van der Waals surface area contributed by atoms with Gasteiger partial charge in [0.1, 0.15) is 0 Å². The van der Waals surface area contributed by atoms with E-state index in [4.69, 9.17) is 14.2 Å². The summed E-state index contributed by atoms with van der Waals surface area (Å²) >= 11 is 1.77. The molecule has 1 aliphatic rings. The van der Waals surface area contributed by atoms with E-state index in [1.807, 2.05) is 17.0 Å². The molecule has 1 aliphatic heterocycles. The molecular formula is C20H23NO4S. The lowest BCUT2D eigenvalue weighted by Crippen LogP contribution is -2.37. The summed E-state index contributed by atoms with van der Waals surface area (Å²) in [6.45, 7) is 2.82. The third-order valence-electron chi connectivity index (χ3n) is 4.67. The van der Waals surface area contributed by atoms with Gasteiger partial charge in [0.15, 0.2) is 11.5 Å². The fourth-order valence-electron chi connectivity index (χ4n) is 3.27. The molecule has 26 heavy (non-hydrogen) atoms. The molecule has 0 saturated carbocycles. The Hall–Kier alpha value is -2.47. The minimum Gasteiger partial charge on any atom is -0.493 e. The second kappa shape index (κ2) is 7.83.